The summed E-state index contributed by atoms with van der Waals surface area (Å²) in [6.45, 7) is 7.64. The van der Waals surface area contributed by atoms with E-state index in [4.69, 9.17) is 9.72 Å². The fourth-order valence-electron chi connectivity index (χ4n) is 4.92. The minimum Gasteiger partial charge on any atom is -0.449 e. The molecule has 0 spiro atoms. The first-order chi connectivity index (χ1) is 14.8. The van der Waals surface area contributed by atoms with Gasteiger partial charge in [-0.1, -0.05) is 44.9 Å². The van der Waals surface area contributed by atoms with Crippen molar-refractivity contribution in [3.8, 4) is 0 Å². The van der Waals surface area contributed by atoms with E-state index in [1.807, 2.05) is 31.3 Å². The highest BCUT2D eigenvalue weighted by molar-refractivity contribution is 6.05. The molecule has 1 aliphatic heterocycles. The van der Waals surface area contributed by atoms with Crippen LogP contribution in [0.15, 0.2) is 24.3 Å². The van der Waals surface area contributed by atoms with Crippen LogP contribution in [-0.2, 0) is 22.5 Å². The van der Waals surface area contributed by atoms with Crippen molar-refractivity contribution in [3.63, 3.8) is 0 Å². The minimum absolute atomic E-state index is 0.139. The van der Waals surface area contributed by atoms with Crippen molar-refractivity contribution in [3.05, 3.63) is 41.1 Å². The van der Waals surface area contributed by atoms with Crippen LogP contribution in [0.4, 0.5) is 0 Å². The summed E-state index contributed by atoms with van der Waals surface area (Å²) in [5.74, 6) is 0.345. The van der Waals surface area contributed by atoms with E-state index in [0.29, 0.717) is 23.9 Å². The fourth-order valence-corrected chi connectivity index (χ4v) is 4.92. The van der Waals surface area contributed by atoms with Gasteiger partial charge in [0.05, 0.1) is 11.1 Å². The van der Waals surface area contributed by atoms with E-state index in [2.05, 4.69) is 24.1 Å². The molecule has 0 saturated heterocycles. The number of fused-ring (bicyclic) bond motifs is 2. The van der Waals surface area contributed by atoms with Gasteiger partial charge in [0.15, 0.2) is 6.10 Å². The maximum atomic E-state index is 13.3. The predicted octanol–water partition coefficient (Wildman–Crippen LogP) is 3.71. The Kier molecular flexibility index (Phi) is 6.28. The molecule has 2 heterocycles. The van der Waals surface area contributed by atoms with E-state index in [0.717, 1.165) is 48.0 Å². The molecule has 6 heteroatoms. The highest BCUT2D eigenvalue weighted by Crippen LogP contribution is 2.30. The van der Waals surface area contributed by atoms with E-state index in [1.54, 1.807) is 6.92 Å². The molecule has 31 heavy (non-hydrogen) atoms. The Morgan fingerprint density at radius 3 is 2.81 bits per heavy atom. The van der Waals surface area contributed by atoms with Gasteiger partial charge in [-0.05, 0) is 38.3 Å². The number of nitrogens with one attached hydrogen (secondary N) is 1. The number of ether oxygens (including phenoxy) is 1. The summed E-state index contributed by atoms with van der Waals surface area (Å²) in [6, 6.07) is 7.80. The summed E-state index contributed by atoms with van der Waals surface area (Å²) >= 11 is 0. The Balaban J connectivity index is 1.55. The highest BCUT2D eigenvalue weighted by atomic mass is 16.5. The predicted molar refractivity (Wildman–Crippen MR) is 121 cm³/mol. The van der Waals surface area contributed by atoms with Gasteiger partial charge in [-0.3, -0.25) is 9.78 Å². The van der Waals surface area contributed by atoms with Crippen molar-refractivity contribution in [2.75, 3.05) is 13.6 Å². The lowest BCUT2D eigenvalue weighted by Crippen LogP contribution is -2.47. The molecule has 166 valence electrons. The molecule has 1 amide bonds. The summed E-state index contributed by atoms with van der Waals surface area (Å²) in [5.41, 5.74) is 3.21. The van der Waals surface area contributed by atoms with Crippen molar-refractivity contribution in [2.45, 2.75) is 65.1 Å². The molecule has 1 saturated carbocycles. The highest BCUT2D eigenvalue weighted by Gasteiger charge is 2.31. The lowest BCUT2D eigenvalue weighted by molar-refractivity contribution is -0.130. The van der Waals surface area contributed by atoms with Crippen LogP contribution in [0.3, 0.4) is 0 Å². The summed E-state index contributed by atoms with van der Waals surface area (Å²) in [4.78, 5) is 33.1. The monoisotopic (exact) mass is 423 g/mol. The van der Waals surface area contributed by atoms with Gasteiger partial charge in [0.25, 0.3) is 5.91 Å². The second-order valence-corrected chi connectivity index (χ2v) is 9.35. The quantitative estimate of drug-likeness (QED) is 0.759. The molecule has 4 rings (SSSR count). The molecule has 1 N–H and O–H groups in total. The molecule has 1 aromatic heterocycles. The summed E-state index contributed by atoms with van der Waals surface area (Å²) in [6.07, 6.45) is 3.25. The standard InChI is InChI=1S/C25H33N3O3/c1-15-8-7-11-20(16(15)2)27-24(29)17(3)31-25(30)23-18-9-5-6-10-21(18)26-22-12-13-28(4)14-19(22)23/h5-6,9-10,15-17,20H,7-8,11-14H2,1-4H3,(H,27,29)/t15-,16+,17-,20+/m0/s1. The van der Waals surface area contributed by atoms with E-state index < -0.39 is 12.1 Å². The Labute approximate surface area is 184 Å². The zero-order valence-corrected chi connectivity index (χ0v) is 19.0. The van der Waals surface area contributed by atoms with Gasteiger partial charge in [0.1, 0.15) is 0 Å². The van der Waals surface area contributed by atoms with Crippen LogP contribution >= 0.6 is 0 Å². The number of amides is 1. The molecular formula is C25H33N3O3. The molecule has 1 aromatic carbocycles. The van der Waals surface area contributed by atoms with Gasteiger partial charge in [-0.15, -0.1) is 0 Å². The van der Waals surface area contributed by atoms with Gasteiger partial charge in [-0.25, -0.2) is 4.79 Å². The summed E-state index contributed by atoms with van der Waals surface area (Å²) in [5, 5.41) is 3.91. The topological polar surface area (TPSA) is 71.5 Å². The SMILES string of the molecule is C[C@@H]1[C@@H](C)CCC[C@H]1NC(=O)[C@H](C)OC(=O)c1c2c(nc3ccccc13)CCN(C)C2. The number of rotatable bonds is 4. The number of benzene rings is 1. The fraction of sp³-hybridized carbons (Fsp3) is 0.560. The normalized spacial score (nSPS) is 25.0. The van der Waals surface area contributed by atoms with Crippen LogP contribution in [-0.4, -0.2) is 47.5 Å². The number of carbonyl (C=O) groups is 2. The van der Waals surface area contributed by atoms with Crippen LogP contribution < -0.4 is 5.32 Å². The number of esters is 1. The van der Waals surface area contributed by atoms with Gasteiger partial charge in [0, 0.05) is 42.2 Å². The van der Waals surface area contributed by atoms with Gasteiger partial charge < -0.3 is 15.0 Å². The third kappa shape index (κ3) is 4.45. The van der Waals surface area contributed by atoms with Crippen LogP contribution in [0, 0.1) is 11.8 Å². The van der Waals surface area contributed by atoms with Crippen LogP contribution in [0.2, 0.25) is 0 Å². The summed E-state index contributed by atoms with van der Waals surface area (Å²) in [7, 11) is 2.04. The Bertz CT molecular complexity index is 989. The van der Waals surface area contributed by atoms with Crippen LogP contribution in [0.5, 0.6) is 0 Å². The second-order valence-electron chi connectivity index (χ2n) is 9.35. The number of pyridine rings is 1. The molecule has 0 unspecified atom stereocenters. The lowest BCUT2D eigenvalue weighted by atomic mass is 9.78. The number of carbonyl (C=O) groups excluding carboxylic acids is 2. The van der Waals surface area contributed by atoms with Crippen molar-refractivity contribution < 1.29 is 14.3 Å². The number of hydrogen-bond donors (Lipinski definition) is 1. The Hall–Kier alpha value is -2.47. The van der Waals surface area contributed by atoms with E-state index in [9.17, 15) is 9.59 Å². The number of hydrogen-bond acceptors (Lipinski definition) is 5. The molecule has 6 nitrogen and oxygen atoms in total. The van der Waals surface area contributed by atoms with Crippen LogP contribution in [0.1, 0.15) is 61.6 Å². The maximum Gasteiger partial charge on any atom is 0.339 e. The second kappa shape index (κ2) is 8.95. The smallest absolute Gasteiger partial charge is 0.339 e. The van der Waals surface area contributed by atoms with Crippen molar-refractivity contribution in [2.24, 2.45) is 11.8 Å². The van der Waals surface area contributed by atoms with Gasteiger partial charge in [0.2, 0.25) is 0 Å². The molecular weight excluding hydrogens is 390 g/mol. The number of likely N-dealkylation sites (N-methyl/N-ethyl adjacent to an activating group) is 1. The molecule has 2 aromatic rings. The molecule has 0 bridgehead atoms. The largest absolute Gasteiger partial charge is 0.449 e. The number of nitrogens with zero attached hydrogens (tertiary/aromatic N) is 2. The average Bonchev–Trinajstić information content (AvgIpc) is 2.75. The number of aromatic nitrogens is 1. The van der Waals surface area contributed by atoms with Crippen molar-refractivity contribution in [1.29, 1.82) is 0 Å². The first-order valence-electron chi connectivity index (χ1n) is 11.5. The Morgan fingerprint density at radius 2 is 2.00 bits per heavy atom. The van der Waals surface area contributed by atoms with Crippen molar-refractivity contribution >= 4 is 22.8 Å². The molecule has 0 radical (unpaired) electrons. The molecule has 2 aliphatic rings. The average molecular weight is 424 g/mol. The van der Waals surface area contributed by atoms with Gasteiger partial charge >= 0.3 is 5.97 Å². The summed E-state index contributed by atoms with van der Waals surface area (Å²) < 4.78 is 5.71. The molecule has 1 fully saturated rings. The molecule has 1 aliphatic carbocycles. The third-order valence-corrected chi connectivity index (χ3v) is 7.13. The van der Waals surface area contributed by atoms with Crippen LogP contribution in [0.25, 0.3) is 10.9 Å². The van der Waals surface area contributed by atoms with E-state index >= 15 is 0 Å². The zero-order chi connectivity index (χ0) is 22.1. The first kappa shape index (κ1) is 21.8. The van der Waals surface area contributed by atoms with E-state index in [-0.39, 0.29) is 11.9 Å². The van der Waals surface area contributed by atoms with Gasteiger partial charge in [-0.2, -0.15) is 0 Å². The zero-order valence-electron chi connectivity index (χ0n) is 19.0. The first-order valence-corrected chi connectivity index (χ1v) is 11.5. The molecule has 4 atom stereocenters. The lowest BCUT2D eigenvalue weighted by Gasteiger charge is -2.35. The number of para-hydroxylation sites is 1. The Morgan fingerprint density at radius 1 is 1.23 bits per heavy atom. The maximum absolute atomic E-state index is 13.3. The third-order valence-electron chi connectivity index (χ3n) is 7.13. The minimum atomic E-state index is -0.846. The van der Waals surface area contributed by atoms with E-state index in [1.165, 1.54) is 6.42 Å². The van der Waals surface area contributed by atoms with Crippen molar-refractivity contribution in [1.82, 2.24) is 15.2 Å².